The van der Waals surface area contributed by atoms with Crippen LogP contribution in [0.5, 0.6) is 0 Å². The van der Waals surface area contributed by atoms with Crippen LogP contribution >= 0.6 is 0 Å². The SMILES string of the molecule is CCCN(CCc1ccccc1)c1cc([C@H]2CCOC2)nc(N)n1. The van der Waals surface area contributed by atoms with E-state index < -0.39 is 0 Å². The molecule has 2 N–H and O–H groups in total. The van der Waals surface area contributed by atoms with E-state index in [9.17, 15) is 0 Å². The van der Waals surface area contributed by atoms with Crippen LogP contribution in [-0.4, -0.2) is 36.3 Å². The highest BCUT2D eigenvalue weighted by molar-refractivity contribution is 5.44. The van der Waals surface area contributed by atoms with Crippen LogP contribution in [0.1, 0.15) is 36.9 Å². The minimum atomic E-state index is 0.339. The number of aromatic nitrogens is 2. The van der Waals surface area contributed by atoms with E-state index in [0.717, 1.165) is 57.1 Å². The Morgan fingerprint density at radius 3 is 2.75 bits per heavy atom. The van der Waals surface area contributed by atoms with Crippen LogP contribution in [0.3, 0.4) is 0 Å². The van der Waals surface area contributed by atoms with E-state index in [-0.39, 0.29) is 0 Å². The summed E-state index contributed by atoms with van der Waals surface area (Å²) in [5.74, 6) is 1.63. The van der Waals surface area contributed by atoms with Crippen molar-refractivity contribution in [3.63, 3.8) is 0 Å². The Balaban J connectivity index is 1.76. The van der Waals surface area contributed by atoms with Crippen LogP contribution in [0.2, 0.25) is 0 Å². The molecule has 1 aromatic heterocycles. The molecular weight excluding hydrogens is 300 g/mol. The maximum Gasteiger partial charge on any atom is 0.222 e. The number of benzene rings is 1. The molecule has 1 saturated heterocycles. The zero-order valence-electron chi connectivity index (χ0n) is 14.3. The molecular formula is C19H26N4O. The van der Waals surface area contributed by atoms with E-state index in [0.29, 0.717) is 11.9 Å². The van der Waals surface area contributed by atoms with E-state index in [1.807, 2.05) is 6.07 Å². The maximum atomic E-state index is 5.98. The highest BCUT2D eigenvalue weighted by Gasteiger charge is 2.21. The Morgan fingerprint density at radius 1 is 1.21 bits per heavy atom. The summed E-state index contributed by atoms with van der Waals surface area (Å²) in [7, 11) is 0. The molecule has 1 aliphatic heterocycles. The normalized spacial score (nSPS) is 17.1. The molecule has 0 unspecified atom stereocenters. The second-order valence-corrected chi connectivity index (χ2v) is 6.29. The third-order valence-electron chi connectivity index (χ3n) is 4.43. The van der Waals surface area contributed by atoms with Crippen molar-refractivity contribution >= 4 is 11.8 Å². The number of hydrogen-bond acceptors (Lipinski definition) is 5. The van der Waals surface area contributed by atoms with Crippen LogP contribution in [0.15, 0.2) is 36.4 Å². The molecule has 3 rings (SSSR count). The van der Waals surface area contributed by atoms with Gasteiger partial charge < -0.3 is 15.4 Å². The summed E-state index contributed by atoms with van der Waals surface area (Å²) in [4.78, 5) is 11.2. The Hall–Kier alpha value is -2.14. The Morgan fingerprint density at radius 2 is 2.04 bits per heavy atom. The summed E-state index contributed by atoms with van der Waals surface area (Å²) in [6, 6.07) is 12.6. The van der Waals surface area contributed by atoms with Crippen molar-refractivity contribution in [2.45, 2.75) is 32.1 Å². The van der Waals surface area contributed by atoms with Gasteiger partial charge in [-0.15, -0.1) is 0 Å². The summed E-state index contributed by atoms with van der Waals surface area (Å²) in [5, 5.41) is 0. The van der Waals surface area contributed by atoms with Gasteiger partial charge in [0.25, 0.3) is 0 Å². The number of nitrogen functional groups attached to an aromatic ring is 1. The average molecular weight is 326 g/mol. The van der Waals surface area contributed by atoms with Crippen LogP contribution in [0, 0.1) is 0 Å². The van der Waals surface area contributed by atoms with Gasteiger partial charge in [-0.1, -0.05) is 37.3 Å². The quantitative estimate of drug-likeness (QED) is 0.847. The Bertz CT molecular complexity index is 641. The Labute approximate surface area is 143 Å². The van der Waals surface area contributed by atoms with E-state index in [4.69, 9.17) is 10.5 Å². The molecule has 128 valence electrons. The van der Waals surface area contributed by atoms with Crippen LogP contribution in [0.4, 0.5) is 11.8 Å². The third kappa shape index (κ3) is 4.23. The fourth-order valence-corrected chi connectivity index (χ4v) is 3.13. The van der Waals surface area contributed by atoms with E-state index in [1.165, 1.54) is 5.56 Å². The molecule has 0 amide bonds. The first kappa shape index (κ1) is 16.7. The van der Waals surface area contributed by atoms with Crippen molar-refractivity contribution < 1.29 is 4.74 Å². The van der Waals surface area contributed by atoms with E-state index in [1.54, 1.807) is 0 Å². The van der Waals surface area contributed by atoms with Crippen molar-refractivity contribution in [1.82, 2.24) is 9.97 Å². The third-order valence-corrected chi connectivity index (χ3v) is 4.43. The zero-order valence-corrected chi connectivity index (χ0v) is 14.3. The molecule has 1 aromatic carbocycles. The van der Waals surface area contributed by atoms with Gasteiger partial charge in [0.15, 0.2) is 0 Å². The lowest BCUT2D eigenvalue weighted by atomic mass is 10.0. The smallest absolute Gasteiger partial charge is 0.222 e. The number of nitrogens with zero attached hydrogens (tertiary/aromatic N) is 3. The topological polar surface area (TPSA) is 64.3 Å². The van der Waals surface area contributed by atoms with Crippen molar-refractivity contribution in [2.24, 2.45) is 0 Å². The van der Waals surface area contributed by atoms with Crippen LogP contribution in [0.25, 0.3) is 0 Å². The molecule has 1 aliphatic rings. The number of ether oxygens (including phenoxy) is 1. The molecule has 0 bridgehead atoms. The van der Waals surface area contributed by atoms with E-state index in [2.05, 4.69) is 52.1 Å². The summed E-state index contributed by atoms with van der Waals surface area (Å²) in [5.41, 5.74) is 8.33. The standard InChI is InChI=1S/C19H26N4O/c1-2-10-23(11-8-15-6-4-3-5-7-15)18-13-17(21-19(20)22-18)16-9-12-24-14-16/h3-7,13,16H,2,8-12,14H2,1H3,(H2,20,21,22)/t16-/m0/s1. The van der Waals surface area contributed by atoms with Crippen LogP contribution < -0.4 is 10.6 Å². The highest BCUT2D eigenvalue weighted by atomic mass is 16.5. The maximum absolute atomic E-state index is 5.98. The minimum Gasteiger partial charge on any atom is -0.381 e. The van der Waals surface area contributed by atoms with Gasteiger partial charge in [0.2, 0.25) is 5.95 Å². The lowest BCUT2D eigenvalue weighted by molar-refractivity contribution is 0.193. The lowest BCUT2D eigenvalue weighted by Gasteiger charge is -2.24. The average Bonchev–Trinajstić information content (AvgIpc) is 3.13. The first-order valence-corrected chi connectivity index (χ1v) is 8.77. The van der Waals surface area contributed by atoms with Gasteiger partial charge in [-0.2, -0.15) is 4.98 Å². The fourth-order valence-electron chi connectivity index (χ4n) is 3.13. The zero-order chi connectivity index (χ0) is 16.8. The van der Waals surface area contributed by atoms with Crippen molar-refractivity contribution in [3.05, 3.63) is 47.7 Å². The monoisotopic (exact) mass is 326 g/mol. The summed E-state index contributed by atoms with van der Waals surface area (Å²) >= 11 is 0. The molecule has 0 radical (unpaired) electrons. The summed E-state index contributed by atoms with van der Waals surface area (Å²) in [6.45, 7) is 5.61. The summed E-state index contributed by atoms with van der Waals surface area (Å²) in [6.07, 6.45) is 3.07. The first-order valence-electron chi connectivity index (χ1n) is 8.77. The second kappa shape index (κ2) is 8.11. The van der Waals surface area contributed by atoms with Gasteiger partial charge >= 0.3 is 0 Å². The van der Waals surface area contributed by atoms with Gasteiger partial charge in [0.05, 0.1) is 12.3 Å². The minimum absolute atomic E-state index is 0.339. The Kier molecular flexibility index (Phi) is 5.64. The fraction of sp³-hybridized carbons (Fsp3) is 0.474. The van der Waals surface area contributed by atoms with Crippen LogP contribution in [-0.2, 0) is 11.2 Å². The molecule has 0 spiro atoms. The van der Waals surface area contributed by atoms with Gasteiger partial charge in [-0.05, 0) is 24.8 Å². The molecule has 0 aliphatic carbocycles. The van der Waals surface area contributed by atoms with Gasteiger partial charge in [-0.25, -0.2) is 4.98 Å². The number of nitrogens with two attached hydrogens (primary N) is 1. The summed E-state index contributed by atoms with van der Waals surface area (Å²) < 4.78 is 5.49. The second-order valence-electron chi connectivity index (χ2n) is 6.29. The molecule has 1 fully saturated rings. The number of anilines is 2. The number of rotatable bonds is 7. The lowest BCUT2D eigenvalue weighted by Crippen LogP contribution is -2.28. The molecule has 24 heavy (non-hydrogen) atoms. The predicted molar refractivity (Wildman–Crippen MR) is 97.3 cm³/mol. The highest BCUT2D eigenvalue weighted by Crippen LogP contribution is 2.26. The van der Waals surface area contributed by atoms with Crippen molar-refractivity contribution in [3.8, 4) is 0 Å². The number of hydrogen-bond donors (Lipinski definition) is 1. The van der Waals surface area contributed by atoms with Gasteiger partial charge in [-0.3, -0.25) is 0 Å². The molecule has 0 saturated carbocycles. The molecule has 2 aromatic rings. The van der Waals surface area contributed by atoms with Gasteiger partial charge in [0, 0.05) is 31.7 Å². The van der Waals surface area contributed by atoms with Gasteiger partial charge in [0.1, 0.15) is 5.82 Å². The predicted octanol–water partition coefficient (Wildman–Crippen LogP) is 3.02. The van der Waals surface area contributed by atoms with Crippen molar-refractivity contribution in [1.29, 1.82) is 0 Å². The van der Waals surface area contributed by atoms with Crippen molar-refractivity contribution in [2.75, 3.05) is 36.9 Å². The molecule has 5 nitrogen and oxygen atoms in total. The van der Waals surface area contributed by atoms with E-state index >= 15 is 0 Å². The first-order chi connectivity index (χ1) is 11.8. The molecule has 2 heterocycles. The molecule has 5 heteroatoms. The molecule has 1 atom stereocenters. The largest absolute Gasteiger partial charge is 0.381 e.